The first-order chi connectivity index (χ1) is 13.4. The van der Waals surface area contributed by atoms with Gasteiger partial charge in [-0.2, -0.15) is 0 Å². The zero-order valence-corrected chi connectivity index (χ0v) is 16.1. The summed E-state index contributed by atoms with van der Waals surface area (Å²) < 4.78 is 5.43. The maximum Gasteiger partial charge on any atom is 0.276 e. The first-order valence-corrected chi connectivity index (χ1v) is 9.02. The van der Waals surface area contributed by atoms with Crippen molar-refractivity contribution in [2.45, 2.75) is 33.2 Å². The highest BCUT2D eigenvalue weighted by molar-refractivity contribution is 5.86. The first-order valence-electron chi connectivity index (χ1n) is 9.02. The van der Waals surface area contributed by atoms with Gasteiger partial charge in [-0.3, -0.25) is 25.2 Å². The van der Waals surface area contributed by atoms with Gasteiger partial charge in [0.2, 0.25) is 11.8 Å². The van der Waals surface area contributed by atoms with E-state index in [2.05, 4.69) is 16.2 Å². The van der Waals surface area contributed by atoms with Crippen LogP contribution in [0.25, 0.3) is 0 Å². The van der Waals surface area contributed by atoms with Gasteiger partial charge in [-0.1, -0.05) is 48.0 Å². The van der Waals surface area contributed by atoms with Crippen LogP contribution < -0.4 is 20.9 Å². The van der Waals surface area contributed by atoms with Crippen LogP contribution in [-0.2, 0) is 20.9 Å². The average Bonchev–Trinajstić information content (AvgIpc) is 2.69. The van der Waals surface area contributed by atoms with Crippen molar-refractivity contribution in [2.24, 2.45) is 0 Å². The van der Waals surface area contributed by atoms with Crippen LogP contribution in [0.5, 0.6) is 5.75 Å². The molecular formula is C21H25N3O4. The quantitative estimate of drug-likeness (QED) is 0.607. The van der Waals surface area contributed by atoms with Crippen molar-refractivity contribution in [1.29, 1.82) is 0 Å². The number of amides is 3. The van der Waals surface area contributed by atoms with Crippen molar-refractivity contribution >= 4 is 17.7 Å². The Hall–Kier alpha value is -3.35. The topological polar surface area (TPSA) is 96.5 Å². The predicted octanol–water partition coefficient (Wildman–Crippen LogP) is 1.93. The standard InChI is InChI=1S/C21H25N3O4/c1-15-8-9-18(16(2)12-15)28-14-21(27)24-23-20(26)11-10-19(25)22-13-17-6-4-3-5-7-17/h3-9,12H,10-11,13-14H2,1-2H3,(H,22,25)(H,23,26)(H,24,27). The van der Waals surface area contributed by atoms with E-state index in [1.165, 1.54) is 0 Å². The van der Waals surface area contributed by atoms with E-state index in [9.17, 15) is 14.4 Å². The van der Waals surface area contributed by atoms with Crippen molar-refractivity contribution in [1.82, 2.24) is 16.2 Å². The van der Waals surface area contributed by atoms with Gasteiger partial charge in [0.15, 0.2) is 6.61 Å². The molecule has 0 bridgehead atoms. The fourth-order valence-electron chi connectivity index (χ4n) is 2.45. The van der Waals surface area contributed by atoms with Gasteiger partial charge in [0.1, 0.15) is 5.75 Å². The second kappa shape index (κ2) is 10.7. The molecule has 0 aliphatic rings. The minimum atomic E-state index is -0.484. The smallest absolute Gasteiger partial charge is 0.276 e. The highest BCUT2D eigenvalue weighted by atomic mass is 16.5. The molecule has 0 spiro atoms. The van der Waals surface area contributed by atoms with Crippen LogP contribution in [0.3, 0.4) is 0 Å². The second-order valence-electron chi connectivity index (χ2n) is 6.42. The predicted molar refractivity (Wildman–Crippen MR) is 105 cm³/mol. The molecule has 2 rings (SSSR count). The van der Waals surface area contributed by atoms with Crippen LogP contribution >= 0.6 is 0 Å². The summed E-state index contributed by atoms with van der Waals surface area (Å²) in [5.74, 6) is -0.553. The molecule has 148 valence electrons. The maximum atomic E-state index is 11.8. The highest BCUT2D eigenvalue weighted by Crippen LogP contribution is 2.18. The van der Waals surface area contributed by atoms with Crippen LogP contribution in [0.4, 0.5) is 0 Å². The summed E-state index contributed by atoms with van der Waals surface area (Å²) in [6, 6.07) is 15.1. The minimum Gasteiger partial charge on any atom is -0.483 e. The lowest BCUT2D eigenvalue weighted by molar-refractivity contribution is -0.131. The molecule has 28 heavy (non-hydrogen) atoms. The summed E-state index contributed by atoms with van der Waals surface area (Å²) in [6.45, 7) is 4.06. The number of carbonyl (C=O) groups excluding carboxylic acids is 3. The maximum absolute atomic E-state index is 11.8. The van der Waals surface area contributed by atoms with Crippen LogP contribution in [0, 0.1) is 13.8 Å². The Morgan fingerprint density at radius 1 is 0.857 bits per heavy atom. The van der Waals surface area contributed by atoms with Crippen molar-refractivity contribution in [3.63, 3.8) is 0 Å². The number of hydrazine groups is 1. The lowest BCUT2D eigenvalue weighted by Crippen LogP contribution is -2.44. The van der Waals surface area contributed by atoms with Crippen molar-refractivity contribution in [2.75, 3.05) is 6.61 Å². The van der Waals surface area contributed by atoms with Crippen LogP contribution in [-0.4, -0.2) is 24.3 Å². The van der Waals surface area contributed by atoms with E-state index in [-0.39, 0.29) is 25.4 Å². The normalized spacial score (nSPS) is 10.1. The van der Waals surface area contributed by atoms with Crippen LogP contribution in [0.15, 0.2) is 48.5 Å². The zero-order chi connectivity index (χ0) is 20.4. The molecule has 3 N–H and O–H groups in total. The zero-order valence-electron chi connectivity index (χ0n) is 16.1. The van der Waals surface area contributed by atoms with E-state index in [0.29, 0.717) is 12.3 Å². The van der Waals surface area contributed by atoms with E-state index < -0.39 is 11.8 Å². The van der Waals surface area contributed by atoms with E-state index in [4.69, 9.17) is 4.74 Å². The third kappa shape index (κ3) is 7.49. The van der Waals surface area contributed by atoms with Crippen molar-refractivity contribution in [3.8, 4) is 5.75 Å². The Labute approximate surface area is 164 Å². The van der Waals surface area contributed by atoms with Gasteiger partial charge in [-0.15, -0.1) is 0 Å². The van der Waals surface area contributed by atoms with Crippen LogP contribution in [0.1, 0.15) is 29.5 Å². The summed E-state index contributed by atoms with van der Waals surface area (Å²) >= 11 is 0. The Morgan fingerprint density at radius 3 is 2.25 bits per heavy atom. The lowest BCUT2D eigenvalue weighted by atomic mass is 10.1. The molecule has 2 aromatic carbocycles. The van der Waals surface area contributed by atoms with E-state index >= 15 is 0 Å². The molecule has 2 aromatic rings. The number of aryl methyl sites for hydroxylation is 2. The number of rotatable bonds is 8. The van der Waals surface area contributed by atoms with Gasteiger partial charge < -0.3 is 10.1 Å². The average molecular weight is 383 g/mol. The Bertz CT molecular complexity index is 822. The van der Waals surface area contributed by atoms with Gasteiger partial charge in [0.25, 0.3) is 5.91 Å². The molecule has 3 amide bonds. The molecule has 0 aliphatic heterocycles. The summed E-state index contributed by atoms with van der Waals surface area (Å²) in [5.41, 5.74) is 7.56. The van der Waals surface area contributed by atoms with Crippen molar-refractivity contribution in [3.05, 3.63) is 65.2 Å². The summed E-state index contributed by atoms with van der Waals surface area (Å²) in [7, 11) is 0. The largest absolute Gasteiger partial charge is 0.483 e. The second-order valence-corrected chi connectivity index (χ2v) is 6.42. The monoisotopic (exact) mass is 383 g/mol. The number of nitrogens with one attached hydrogen (secondary N) is 3. The number of hydrogen-bond acceptors (Lipinski definition) is 4. The van der Waals surface area contributed by atoms with Gasteiger partial charge in [-0.25, -0.2) is 0 Å². The van der Waals surface area contributed by atoms with Gasteiger partial charge in [0.05, 0.1) is 0 Å². The molecule has 0 aromatic heterocycles. The lowest BCUT2D eigenvalue weighted by Gasteiger charge is -2.11. The Morgan fingerprint density at radius 2 is 1.54 bits per heavy atom. The van der Waals surface area contributed by atoms with Crippen LogP contribution in [0.2, 0.25) is 0 Å². The molecule has 0 saturated carbocycles. The Balaban J connectivity index is 1.60. The number of carbonyl (C=O) groups is 3. The minimum absolute atomic E-state index is 0.0289. The molecule has 7 heteroatoms. The number of hydrogen-bond donors (Lipinski definition) is 3. The fraction of sp³-hybridized carbons (Fsp3) is 0.286. The third-order valence-electron chi connectivity index (χ3n) is 3.94. The highest BCUT2D eigenvalue weighted by Gasteiger charge is 2.09. The van der Waals surface area contributed by atoms with E-state index in [1.54, 1.807) is 6.07 Å². The fourth-order valence-corrected chi connectivity index (χ4v) is 2.45. The van der Waals surface area contributed by atoms with E-state index in [1.807, 2.05) is 56.3 Å². The van der Waals surface area contributed by atoms with E-state index in [0.717, 1.165) is 16.7 Å². The molecule has 0 saturated heterocycles. The Kier molecular flexibility index (Phi) is 8.02. The molecule has 0 radical (unpaired) electrons. The van der Waals surface area contributed by atoms with Gasteiger partial charge in [-0.05, 0) is 31.0 Å². The van der Waals surface area contributed by atoms with Gasteiger partial charge >= 0.3 is 0 Å². The molecular weight excluding hydrogens is 358 g/mol. The molecule has 0 unspecified atom stereocenters. The number of benzene rings is 2. The number of ether oxygens (including phenoxy) is 1. The van der Waals surface area contributed by atoms with Gasteiger partial charge in [0, 0.05) is 19.4 Å². The first kappa shape index (κ1) is 21.0. The molecule has 0 atom stereocenters. The summed E-state index contributed by atoms with van der Waals surface area (Å²) in [4.78, 5) is 35.3. The molecule has 0 heterocycles. The molecule has 0 aliphatic carbocycles. The van der Waals surface area contributed by atoms with Crippen molar-refractivity contribution < 1.29 is 19.1 Å². The molecule has 0 fully saturated rings. The molecule has 7 nitrogen and oxygen atoms in total. The third-order valence-corrected chi connectivity index (χ3v) is 3.94. The summed E-state index contributed by atoms with van der Waals surface area (Å²) in [6.07, 6.45) is 0.00638. The summed E-state index contributed by atoms with van der Waals surface area (Å²) in [5, 5.41) is 2.74. The SMILES string of the molecule is Cc1ccc(OCC(=O)NNC(=O)CCC(=O)NCc2ccccc2)c(C)c1.